The molecular formula is C15H12FIO2. The monoisotopic (exact) mass is 370 g/mol. The van der Waals surface area contributed by atoms with Crippen LogP contribution in [-0.4, -0.2) is 12.4 Å². The van der Waals surface area contributed by atoms with Crippen molar-refractivity contribution >= 4 is 28.4 Å². The molecule has 0 heterocycles. The zero-order chi connectivity index (χ0) is 13.7. The van der Waals surface area contributed by atoms with E-state index < -0.39 is 0 Å². The van der Waals surface area contributed by atoms with E-state index >= 15 is 0 Å². The van der Waals surface area contributed by atoms with Crippen LogP contribution in [0.5, 0.6) is 0 Å². The summed E-state index contributed by atoms with van der Waals surface area (Å²) in [6, 6.07) is 13.6. The molecule has 0 bridgehead atoms. The third-order valence-corrected chi connectivity index (χ3v) is 3.33. The molecule has 0 saturated carbocycles. The summed E-state index contributed by atoms with van der Waals surface area (Å²) in [5.74, 6) is -0.419. The molecule has 0 atom stereocenters. The van der Waals surface area contributed by atoms with Gasteiger partial charge in [-0.1, -0.05) is 30.3 Å². The summed E-state index contributed by atoms with van der Waals surface area (Å²) >= 11 is 2.18. The topological polar surface area (TPSA) is 26.3 Å². The minimum absolute atomic E-state index is 0.0467. The number of halogens is 2. The second-order valence-electron chi connectivity index (χ2n) is 4.01. The predicted octanol–water partition coefficient (Wildman–Crippen LogP) is 3.83. The fourth-order valence-corrected chi connectivity index (χ4v) is 1.95. The van der Waals surface area contributed by atoms with Crippen molar-refractivity contribution in [1.29, 1.82) is 0 Å². The average molecular weight is 370 g/mol. The molecular weight excluding hydrogens is 358 g/mol. The van der Waals surface area contributed by atoms with Gasteiger partial charge < -0.3 is 4.74 Å². The predicted molar refractivity (Wildman–Crippen MR) is 79.5 cm³/mol. The number of ether oxygens (including phenoxy) is 1. The second kappa shape index (κ2) is 6.77. The van der Waals surface area contributed by atoms with Crippen LogP contribution in [0.4, 0.5) is 4.39 Å². The molecule has 0 fully saturated rings. The van der Waals surface area contributed by atoms with Crippen molar-refractivity contribution in [2.24, 2.45) is 0 Å². The zero-order valence-corrected chi connectivity index (χ0v) is 12.3. The Morgan fingerprint density at radius 2 is 1.79 bits per heavy atom. The van der Waals surface area contributed by atoms with Crippen molar-refractivity contribution < 1.29 is 13.9 Å². The molecule has 4 heteroatoms. The van der Waals surface area contributed by atoms with E-state index in [9.17, 15) is 9.18 Å². The summed E-state index contributed by atoms with van der Waals surface area (Å²) in [4.78, 5) is 11.8. The maximum atomic E-state index is 13.3. The number of rotatable bonds is 5. The second-order valence-corrected chi connectivity index (χ2v) is 5.26. The quantitative estimate of drug-likeness (QED) is 0.591. The van der Waals surface area contributed by atoms with E-state index in [1.807, 2.05) is 12.1 Å². The van der Waals surface area contributed by atoms with Crippen molar-refractivity contribution in [2.75, 3.05) is 6.61 Å². The molecule has 0 N–H and O–H groups in total. The van der Waals surface area contributed by atoms with Crippen LogP contribution in [0.1, 0.15) is 15.9 Å². The zero-order valence-electron chi connectivity index (χ0n) is 10.1. The number of carbonyl (C=O) groups excluding carboxylic acids is 1. The van der Waals surface area contributed by atoms with E-state index in [0.29, 0.717) is 11.1 Å². The largest absolute Gasteiger partial charge is 0.369 e. The molecule has 0 radical (unpaired) electrons. The third kappa shape index (κ3) is 4.11. The van der Waals surface area contributed by atoms with Gasteiger partial charge in [-0.25, -0.2) is 4.39 Å². The molecule has 2 rings (SSSR count). The van der Waals surface area contributed by atoms with E-state index in [2.05, 4.69) is 22.6 Å². The van der Waals surface area contributed by atoms with Gasteiger partial charge in [-0.05, 0) is 40.8 Å². The van der Waals surface area contributed by atoms with Gasteiger partial charge >= 0.3 is 0 Å². The minimum atomic E-state index is -0.316. The maximum Gasteiger partial charge on any atom is 0.188 e. The van der Waals surface area contributed by atoms with E-state index in [-0.39, 0.29) is 24.8 Å². The van der Waals surface area contributed by atoms with Gasteiger partial charge in [0.2, 0.25) is 0 Å². The van der Waals surface area contributed by atoms with Crippen molar-refractivity contribution in [2.45, 2.75) is 6.61 Å². The van der Waals surface area contributed by atoms with E-state index in [1.54, 1.807) is 30.3 Å². The van der Waals surface area contributed by atoms with Crippen molar-refractivity contribution in [1.82, 2.24) is 0 Å². The smallest absolute Gasteiger partial charge is 0.188 e. The first-order valence-corrected chi connectivity index (χ1v) is 6.84. The van der Waals surface area contributed by atoms with Gasteiger partial charge in [0.15, 0.2) is 5.78 Å². The van der Waals surface area contributed by atoms with Crippen molar-refractivity contribution in [3.05, 3.63) is 69.0 Å². The van der Waals surface area contributed by atoms with Gasteiger partial charge in [0.05, 0.1) is 6.61 Å². The number of Topliss-reactive ketones (excluding diaryl/α,β-unsaturated/α-hetero) is 1. The Morgan fingerprint density at radius 3 is 2.47 bits per heavy atom. The van der Waals surface area contributed by atoms with Crippen LogP contribution >= 0.6 is 22.6 Å². The summed E-state index contributed by atoms with van der Waals surface area (Å²) in [5.41, 5.74) is 1.06. The Kier molecular flexibility index (Phi) is 5.04. The van der Waals surface area contributed by atoms with Crippen LogP contribution < -0.4 is 0 Å². The van der Waals surface area contributed by atoms with Gasteiger partial charge in [0, 0.05) is 14.7 Å². The van der Waals surface area contributed by atoms with E-state index in [0.717, 1.165) is 3.57 Å². The van der Waals surface area contributed by atoms with Gasteiger partial charge in [-0.2, -0.15) is 0 Å². The lowest BCUT2D eigenvalue weighted by Gasteiger charge is -2.05. The standard InChI is InChI=1S/C15H12FIO2/c16-14-4-2-1-3-12(14)9-19-10-15(18)11-5-7-13(17)8-6-11/h1-8H,9-10H2. The van der Waals surface area contributed by atoms with E-state index in [4.69, 9.17) is 4.74 Å². The van der Waals surface area contributed by atoms with Crippen molar-refractivity contribution in [3.63, 3.8) is 0 Å². The fraction of sp³-hybridized carbons (Fsp3) is 0.133. The molecule has 0 aliphatic heterocycles. The van der Waals surface area contributed by atoms with Crippen LogP contribution in [0, 0.1) is 9.39 Å². The fourth-order valence-electron chi connectivity index (χ4n) is 1.59. The molecule has 0 aliphatic carbocycles. The Hall–Kier alpha value is -1.27. The summed E-state index contributed by atoms with van der Waals surface area (Å²) in [6.07, 6.45) is 0. The SMILES string of the molecule is O=C(COCc1ccccc1F)c1ccc(I)cc1. The highest BCUT2D eigenvalue weighted by Crippen LogP contribution is 2.10. The first-order chi connectivity index (χ1) is 9.16. The third-order valence-electron chi connectivity index (χ3n) is 2.61. The highest BCUT2D eigenvalue weighted by molar-refractivity contribution is 14.1. The van der Waals surface area contributed by atoms with Crippen LogP contribution in [0.15, 0.2) is 48.5 Å². The average Bonchev–Trinajstić information content (AvgIpc) is 2.41. The van der Waals surface area contributed by atoms with Gasteiger partial charge in [-0.15, -0.1) is 0 Å². The maximum absolute atomic E-state index is 13.3. The van der Waals surface area contributed by atoms with Gasteiger partial charge in [-0.3, -0.25) is 4.79 Å². The van der Waals surface area contributed by atoms with Crippen LogP contribution in [0.2, 0.25) is 0 Å². The van der Waals surface area contributed by atoms with Crippen LogP contribution in [0.3, 0.4) is 0 Å². The molecule has 0 aromatic heterocycles. The first-order valence-electron chi connectivity index (χ1n) is 5.77. The normalized spacial score (nSPS) is 10.4. The number of hydrogen-bond acceptors (Lipinski definition) is 2. The van der Waals surface area contributed by atoms with Crippen LogP contribution in [-0.2, 0) is 11.3 Å². The molecule has 0 saturated heterocycles. The van der Waals surface area contributed by atoms with E-state index in [1.165, 1.54) is 6.07 Å². The van der Waals surface area contributed by atoms with Gasteiger partial charge in [0.25, 0.3) is 0 Å². The molecule has 0 amide bonds. The highest BCUT2D eigenvalue weighted by atomic mass is 127. The Balaban J connectivity index is 1.88. The molecule has 19 heavy (non-hydrogen) atoms. The number of ketones is 1. The molecule has 2 aromatic rings. The summed E-state index contributed by atoms with van der Waals surface area (Å²) in [5, 5.41) is 0. The number of hydrogen-bond donors (Lipinski definition) is 0. The van der Waals surface area contributed by atoms with Crippen LogP contribution in [0.25, 0.3) is 0 Å². The lowest BCUT2D eigenvalue weighted by Crippen LogP contribution is -2.09. The molecule has 2 nitrogen and oxygen atoms in total. The first kappa shape index (κ1) is 14.1. The van der Waals surface area contributed by atoms with Crippen molar-refractivity contribution in [3.8, 4) is 0 Å². The van der Waals surface area contributed by atoms with Gasteiger partial charge in [0.1, 0.15) is 12.4 Å². The Bertz CT molecular complexity index is 567. The Labute approximate surface area is 124 Å². The Morgan fingerprint density at radius 1 is 1.11 bits per heavy atom. The molecule has 2 aromatic carbocycles. The summed E-state index contributed by atoms with van der Waals surface area (Å²) < 4.78 is 19.6. The minimum Gasteiger partial charge on any atom is -0.369 e. The highest BCUT2D eigenvalue weighted by Gasteiger charge is 2.07. The lowest BCUT2D eigenvalue weighted by molar-refractivity contribution is 0.0721. The summed E-state index contributed by atoms with van der Waals surface area (Å²) in [6.45, 7) is 0.0533. The summed E-state index contributed by atoms with van der Waals surface area (Å²) in [7, 11) is 0. The lowest BCUT2D eigenvalue weighted by atomic mass is 10.1. The number of benzene rings is 2. The molecule has 0 unspecified atom stereocenters. The molecule has 0 aliphatic rings. The molecule has 0 spiro atoms. The molecule has 98 valence electrons. The number of carbonyl (C=O) groups is 1.